The molecule has 0 atom stereocenters. The number of hydrogen-bond donors (Lipinski definition) is 0. The van der Waals surface area contributed by atoms with Crippen molar-refractivity contribution < 1.29 is 9.53 Å². The molecule has 0 bridgehead atoms. The summed E-state index contributed by atoms with van der Waals surface area (Å²) in [6, 6.07) is 10.6. The Hall–Kier alpha value is -2.67. The predicted octanol–water partition coefficient (Wildman–Crippen LogP) is 2.17. The molecule has 1 heterocycles. The average molecular weight is 236 g/mol. The molecule has 3 rings (SSSR count). The minimum Gasteiger partial charge on any atom is -0.481 e. The van der Waals surface area contributed by atoms with Crippen molar-refractivity contribution in [3.8, 4) is 23.1 Å². The summed E-state index contributed by atoms with van der Waals surface area (Å²) >= 11 is 0. The Kier molecular flexibility index (Phi) is 2.14. The molecule has 4 nitrogen and oxygen atoms in total. The van der Waals surface area contributed by atoms with Gasteiger partial charge in [0.15, 0.2) is 0 Å². The first kappa shape index (κ1) is 10.5. The van der Waals surface area contributed by atoms with Crippen LogP contribution >= 0.6 is 0 Å². The third kappa shape index (κ3) is 1.31. The van der Waals surface area contributed by atoms with Gasteiger partial charge < -0.3 is 4.74 Å². The van der Waals surface area contributed by atoms with Crippen LogP contribution in [0.2, 0.25) is 0 Å². The third-order valence-electron chi connectivity index (χ3n) is 2.98. The summed E-state index contributed by atoms with van der Waals surface area (Å²) in [5.41, 5.74) is 3.03. The maximum Gasteiger partial charge on any atom is 0.213 e. The Morgan fingerprint density at radius 2 is 1.94 bits per heavy atom. The van der Waals surface area contributed by atoms with E-state index in [1.807, 2.05) is 0 Å². The highest BCUT2D eigenvalue weighted by atomic mass is 16.5. The van der Waals surface area contributed by atoms with Crippen LogP contribution in [0.15, 0.2) is 30.3 Å². The lowest BCUT2D eigenvalue weighted by atomic mass is 10.0. The molecule has 1 aliphatic rings. The highest BCUT2D eigenvalue weighted by Gasteiger charge is 2.28. The maximum atomic E-state index is 12.2. The first-order valence-corrected chi connectivity index (χ1v) is 5.39. The van der Waals surface area contributed by atoms with Crippen molar-refractivity contribution >= 4 is 5.78 Å². The number of aromatic nitrogens is 1. The normalized spacial score (nSPS) is 11.7. The maximum absolute atomic E-state index is 12.2. The molecular weight excluding hydrogens is 228 g/mol. The number of pyridine rings is 1. The van der Waals surface area contributed by atoms with Gasteiger partial charge in [-0.1, -0.05) is 0 Å². The highest BCUT2D eigenvalue weighted by molar-refractivity contribution is 6.20. The van der Waals surface area contributed by atoms with Gasteiger partial charge in [0.1, 0.15) is 5.69 Å². The molecule has 86 valence electrons. The van der Waals surface area contributed by atoms with Gasteiger partial charge in [-0.15, -0.1) is 0 Å². The number of nitrogens with zero attached hydrogens (tertiary/aromatic N) is 2. The van der Waals surface area contributed by atoms with Gasteiger partial charge in [-0.05, 0) is 29.8 Å². The second-order valence-electron chi connectivity index (χ2n) is 3.95. The van der Waals surface area contributed by atoms with Crippen molar-refractivity contribution in [2.24, 2.45) is 0 Å². The second kappa shape index (κ2) is 3.67. The molecule has 1 aromatic heterocycles. The number of benzene rings is 1. The summed E-state index contributed by atoms with van der Waals surface area (Å²) in [5, 5.41) is 8.89. The van der Waals surface area contributed by atoms with Crippen molar-refractivity contribution in [1.82, 2.24) is 4.98 Å². The molecule has 0 spiro atoms. The lowest BCUT2D eigenvalue weighted by Gasteiger charge is -2.01. The van der Waals surface area contributed by atoms with E-state index in [1.165, 1.54) is 7.11 Å². The number of hydrogen-bond acceptors (Lipinski definition) is 4. The van der Waals surface area contributed by atoms with Gasteiger partial charge >= 0.3 is 0 Å². The standard InChI is InChI=1S/C14H8N2O2/c1-18-12-5-4-9-11-6-8(7-15)2-3-10(11)14(17)13(9)16-12/h2-6H,1H3. The topological polar surface area (TPSA) is 63.0 Å². The van der Waals surface area contributed by atoms with Crippen LogP contribution in [-0.2, 0) is 0 Å². The molecule has 0 N–H and O–H groups in total. The number of carbonyl (C=O) groups is 1. The molecule has 1 aliphatic carbocycles. The van der Waals surface area contributed by atoms with Crippen molar-refractivity contribution in [2.75, 3.05) is 7.11 Å². The molecular formula is C14H8N2O2. The van der Waals surface area contributed by atoms with E-state index < -0.39 is 0 Å². The summed E-state index contributed by atoms with van der Waals surface area (Å²) < 4.78 is 5.02. The van der Waals surface area contributed by atoms with Gasteiger partial charge in [-0.2, -0.15) is 5.26 Å². The SMILES string of the molecule is COc1ccc2c(n1)C(=O)c1ccc(C#N)cc1-2. The lowest BCUT2D eigenvalue weighted by molar-refractivity contribution is 0.103. The Morgan fingerprint density at radius 1 is 1.17 bits per heavy atom. The van der Waals surface area contributed by atoms with Crippen molar-refractivity contribution in [3.63, 3.8) is 0 Å². The summed E-state index contributed by atoms with van der Waals surface area (Å²) in [5.74, 6) is 0.291. The van der Waals surface area contributed by atoms with E-state index in [4.69, 9.17) is 10.00 Å². The zero-order valence-corrected chi connectivity index (χ0v) is 9.60. The Labute approximate surface area is 103 Å². The molecule has 0 radical (unpaired) electrons. The van der Waals surface area contributed by atoms with E-state index in [0.717, 1.165) is 11.1 Å². The monoisotopic (exact) mass is 236 g/mol. The van der Waals surface area contributed by atoms with Gasteiger partial charge in [0.2, 0.25) is 11.7 Å². The van der Waals surface area contributed by atoms with E-state index >= 15 is 0 Å². The largest absolute Gasteiger partial charge is 0.481 e. The van der Waals surface area contributed by atoms with E-state index in [-0.39, 0.29) is 5.78 Å². The molecule has 0 amide bonds. The van der Waals surface area contributed by atoms with Gasteiger partial charge in [0, 0.05) is 17.2 Å². The molecule has 18 heavy (non-hydrogen) atoms. The van der Waals surface area contributed by atoms with E-state index in [9.17, 15) is 4.79 Å². The number of rotatable bonds is 1. The minimum absolute atomic E-state index is 0.122. The molecule has 0 aliphatic heterocycles. The number of ether oxygens (including phenoxy) is 1. The highest BCUT2D eigenvalue weighted by Crippen LogP contribution is 2.36. The Morgan fingerprint density at radius 3 is 2.67 bits per heavy atom. The fourth-order valence-electron chi connectivity index (χ4n) is 2.11. The van der Waals surface area contributed by atoms with Crippen LogP contribution in [0.1, 0.15) is 21.6 Å². The number of fused-ring (bicyclic) bond motifs is 3. The number of carbonyl (C=O) groups excluding carboxylic acids is 1. The van der Waals surface area contributed by atoms with Crippen molar-refractivity contribution in [1.29, 1.82) is 5.26 Å². The number of ketones is 1. The van der Waals surface area contributed by atoms with Gasteiger partial charge in [0.05, 0.1) is 18.7 Å². The van der Waals surface area contributed by atoms with Crippen LogP contribution in [0.25, 0.3) is 11.1 Å². The first-order valence-electron chi connectivity index (χ1n) is 5.39. The van der Waals surface area contributed by atoms with Gasteiger partial charge in [0.25, 0.3) is 0 Å². The molecule has 0 saturated heterocycles. The summed E-state index contributed by atoms with van der Waals surface area (Å²) in [6.07, 6.45) is 0. The van der Waals surface area contributed by atoms with Crippen molar-refractivity contribution in [3.05, 3.63) is 47.2 Å². The predicted molar refractivity (Wildman–Crippen MR) is 64.4 cm³/mol. The van der Waals surface area contributed by atoms with Crippen LogP contribution in [0.5, 0.6) is 5.88 Å². The quantitative estimate of drug-likeness (QED) is 0.649. The Balaban J connectivity index is 2.27. The van der Waals surface area contributed by atoms with Crippen LogP contribution in [-0.4, -0.2) is 17.9 Å². The number of methoxy groups -OCH3 is 1. The van der Waals surface area contributed by atoms with Crippen molar-refractivity contribution in [2.45, 2.75) is 0 Å². The molecule has 4 heteroatoms. The lowest BCUT2D eigenvalue weighted by Crippen LogP contribution is -1.99. The third-order valence-corrected chi connectivity index (χ3v) is 2.98. The summed E-state index contributed by atoms with van der Waals surface area (Å²) in [7, 11) is 1.51. The van der Waals surface area contributed by atoms with E-state index in [0.29, 0.717) is 22.7 Å². The fraction of sp³-hybridized carbons (Fsp3) is 0.0714. The van der Waals surface area contributed by atoms with E-state index in [1.54, 1.807) is 30.3 Å². The zero-order chi connectivity index (χ0) is 12.7. The molecule has 0 unspecified atom stereocenters. The van der Waals surface area contributed by atoms with Crippen LogP contribution in [0.4, 0.5) is 0 Å². The second-order valence-corrected chi connectivity index (χ2v) is 3.95. The van der Waals surface area contributed by atoms with Crippen LogP contribution in [0, 0.1) is 11.3 Å². The first-order chi connectivity index (χ1) is 8.74. The summed E-state index contributed by atoms with van der Waals surface area (Å²) in [4.78, 5) is 16.3. The fourth-order valence-corrected chi connectivity index (χ4v) is 2.11. The average Bonchev–Trinajstić information content (AvgIpc) is 2.71. The van der Waals surface area contributed by atoms with Gasteiger partial charge in [-0.3, -0.25) is 4.79 Å². The summed E-state index contributed by atoms with van der Waals surface area (Å²) in [6.45, 7) is 0. The van der Waals surface area contributed by atoms with E-state index in [2.05, 4.69) is 11.1 Å². The minimum atomic E-state index is -0.122. The zero-order valence-electron chi connectivity index (χ0n) is 9.60. The Bertz CT molecular complexity index is 714. The molecule has 0 saturated carbocycles. The molecule has 1 aromatic carbocycles. The number of nitriles is 1. The smallest absolute Gasteiger partial charge is 0.213 e. The van der Waals surface area contributed by atoms with Gasteiger partial charge in [-0.25, -0.2) is 4.98 Å². The van der Waals surface area contributed by atoms with Crippen LogP contribution < -0.4 is 4.74 Å². The van der Waals surface area contributed by atoms with Crippen LogP contribution in [0.3, 0.4) is 0 Å². The molecule has 0 fully saturated rings. The molecule has 2 aromatic rings.